The van der Waals surface area contributed by atoms with Crippen LogP contribution in [0.4, 0.5) is 26.9 Å². The number of nitrogens with one attached hydrogen (secondary N) is 2. The standard InChI is InChI=1S/C27H30N6O5.CH4N2O/c1-18(34)20-3-2-4-22(17-20)29-26(35)28-21-7-5-19(6-8-21)24-30-25(33-11-15-37-16-12-33)32-27(31-24)38-23-9-13-36-14-10-23;2-1(3)4/h2-8,17,23H,9-16H2,1H3,(H2,28,29,35);(H4,2,3,4). The number of morpholine rings is 1. The van der Waals surface area contributed by atoms with Crippen molar-refractivity contribution in [2.75, 3.05) is 55.1 Å². The Bertz CT molecular complexity index is 1370. The number of carbonyl (C=O) groups excluding carboxylic acids is 3. The van der Waals surface area contributed by atoms with Crippen molar-refractivity contribution in [1.82, 2.24) is 15.0 Å². The Labute approximate surface area is 242 Å². The molecule has 14 nitrogen and oxygen atoms in total. The van der Waals surface area contributed by atoms with E-state index >= 15 is 0 Å². The van der Waals surface area contributed by atoms with Gasteiger partial charge in [0.15, 0.2) is 11.6 Å². The first kappa shape index (κ1) is 30.1. The molecular formula is C28H34N8O6. The molecule has 6 N–H and O–H groups in total. The Morgan fingerprint density at radius 2 is 1.52 bits per heavy atom. The van der Waals surface area contributed by atoms with Crippen LogP contribution in [0.15, 0.2) is 48.5 Å². The minimum absolute atomic E-state index is 0.00207. The lowest BCUT2D eigenvalue weighted by Gasteiger charge is -2.27. The first-order chi connectivity index (χ1) is 20.3. The van der Waals surface area contributed by atoms with Crippen LogP contribution in [0.5, 0.6) is 6.01 Å². The third kappa shape index (κ3) is 9.11. The molecule has 2 aliphatic heterocycles. The van der Waals surface area contributed by atoms with Crippen molar-refractivity contribution in [1.29, 1.82) is 0 Å². The van der Waals surface area contributed by atoms with Gasteiger partial charge >= 0.3 is 18.1 Å². The van der Waals surface area contributed by atoms with Gasteiger partial charge in [0.2, 0.25) is 5.95 Å². The Morgan fingerprint density at radius 1 is 0.881 bits per heavy atom. The van der Waals surface area contributed by atoms with Crippen LogP contribution in [-0.4, -0.2) is 78.4 Å². The molecule has 0 radical (unpaired) electrons. The van der Waals surface area contributed by atoms with E-state index in [2.05, 4.69) is 37.0 Å². The molecule has 0 atom stereocenters. The highest BCUT2D eigenvalue weighted by molar-refractivity contribution is 6.01. The Morgan fingerprint density at radius 3 is 2.19 bits per heavy atom. The summed E-state index contributed by atoms with van der Waals surface area (Å²) >= 11 is 0. The van der Waals surface area contributed by atoms with Gasteiger partial charge in [0.1, 0.15) is 6.10 Å². The first-order valence-corrected chi connectivity index (χ1v) is 13.4. The second-order valence-corrected chi connectivity index (χ2v) is 9.47. The zero-order valence-electron chi connectivity index (χ0n) is 23.2. The summed E-state index contributed by atoms with van der Waals surface area (Å²) in [6.45, 7) is 5.39. The van der Waals surface area contributed by atoms with Crippen molar-refractivity contribution in [2.24, 2.45) is 11.5 Å². The Balaban J connectivity index is 0.000000952. The largest absolute Gasteiger partial charge is 0.460 e. The summed E-state index contributed by atoms with van der Waals surface area (Å²) < 4.78 is 17.0. The zero-order valence-corrected chi connectivity index (χ0v) is 23.2. The van der Waals surface area contributed by atoms with Crippen LogP contribution in [0, 0.1) is 0 Å². The van der Waals surface area contributed by atoms with Gasteiger partial charge in [-0.25, -0.2) is 9.59 Å². The number of ketones is 1. The molecule has 0 spiro atoms. The molecule has 4 amide bonds. The molecule has 2 fully saturated rings. The highest BCUT2D eigenvalue weighted by Crippen LogP contribution is 2.24. The fraction of sp³-hybridized carbons (Fsp3) is 0.357. The number of aromatic nitrogens is 3. The third-order valence-corrected chi connectivity index (χ3v) is 6.27. The van der Waals surface area contributed by atoms with Gasteiger partial charge in [-0.15, -0.1) is 0 Å². The number of carbonyl (C=O) groups is 3. The molecule has 0 unspecified atom stereocenters. The fourth-order valence-corrected chi connectivity index (χ4v) is 4.19. The smallest absolute Gasteiger partial charge is 0.323 e. The van der Waals surface area contributed by atoms with Crippen molar-refractivity contribution >= 4 is 35.2 Å². The van der Waals surface area contributed by atoms with Crippen molar-refractivity contribution in [3.63, 3.8) is 0 Å². The summed E-state index contributed by atoms with van der Waals surface area (Å²) in [5.74, 6) is 0.969. The number of hydrogen-bond acceptors (Lipinski definition) is 10. The van der Waals surface area contributed by atoms with E-state index in [1.807, 2.05) is 12.1 Å². The molecule has 3 aromatic rings. The number of amides is 4. The first-order valence-electron chi connectivity index (χ1n) is 13.4. The van der Waals surface area contributed by atoms with Crippen LogP contribution in [0.1, 0.15) is 30.1 Å². The molecule has 0 bridgehead atoms. The lowest BCUT2D eigenvalue weighted by molar-refractivity contribution is 0.0216. The van der Waals surface area contributed by atoms with Gasteiger partial charge < -0.3 is 41.2 Å². The van der Waals surface area contributed by atoms with Crippen molar-refractivity contribution < 1.29 is 28.6 Å². The molecule has 0 aliphatic carbocycles. The van der Waals surface area contributed by atoms with E-state index in [0.717, 1.165) is 18.4 Å². The van der Waals surface area contributed by atoms with Crippen LogP contribution >= 0.6 is 0 Å². The molecule has 5 rings (SSSR count). The summed E-state index contributed by atoms with van der Waals surface area (Å²) in [4.78, 5) is 49.0. The molecular weight excluding hydrogens is 544 g/mol. The second kappa shape index (κ2) is 14.7. The maximum Gasteiger partial charge on any atom is 0.323 e. The van der Waals surface area contributed by atoms with Gasteiger partial charge in [-0.2, -0.15) is 15.0 Å². The molecule has 2 aliphatic rings. The monoisotopic (exact) mass is 578 g/mol. The van der Waals surface area contributed by atoms with Gasteiger partial charge in [0, 0.05) is 48.4 Å². The average Bonchev–Trinajstić information content (AvgIpc) is 2.98. The van der Waals surface area contributed by atoms with Crippen molar-refractivity contribution in [3.05, 3.63) is 54.1 Å². The van der Waals surface area contributed by atoms with E-state index in [1.165, 1.54) is 6.92 Å². The Hall–Kier alpha value is -4.82. The summed E-state index contributed by atoms with van der Waals surface area (Å²) in [5.41, 5.74) is 10.9. The zero-order chi connectivity index (χ0) is 29.9. The van der Waals surface area contributed by atoms with Gasteiger partial charge in [-0.3, -0.25) is 4.79 Å². The molecule has 42 heavy (non-hydrogen) atoms. The molecule has 2 aromatic carbocycles. The number of urea groups is 2. The number of nitrogens with two attached hydrogens (primary N) is 2. The van der Waals surface area contributed by atoms with Crippen molar-refractivity contribution in [2.45, 2.75) is 25.9 Å². The van der Waals surface area contributed by atoms with E-state index in [4.69, 9.17) is 24.0 Å². The predicted octanol–water partition coefficient (Wildman–Crippen LogP) is 2.80. The maximum atomic E-state index is 12.5. The van der Waals surface area contributed by atoms with E-state index in [9.17, 15) is 9.59 Å². The van der Waals surface area contributed by atoms with Gasteiger partial charge in [-0.1, -0.05) is 12.1 Å². The number of ether oxygens (including phenoxy) is 3. The number of Topliss-reactive ketones (excluding diaryl/α,β-unsaturated/α-hetero) is 1. The normalized spacial score (nSPS) is 15.1. The lowest BCUT2D eigenvalue weighted by Crippen LogP contribution is -2.37. The summed E-state index contributed by atoms with van der Waals surface area (Å²) in [5, 5.41) is 5.55. The van der Waals surface area contributed by atoms with E-state index in [1.54, 1.807) is 36.4 Å². The average molecular weight is 579 g/mol. The molecule has 2 saturated heterocycles. The molecule has 3 heterocycles. The Kier molecular flexibility index (Phi) is 10.6. The second-order valence-electron chi connectivity index (χ2n) is 9.47. The van der Waals surface area contributed by atoms with Crippen LogP contribution in [0.2, 0.25) is 0 Å². The van der Waals surface area contributed by atoms with E-state index < -0.39 is 12.1 Å². The predicted molar refractivity (Wildman–Crippen MR) is 156 cm³/mol. The number of benzene rings is 2. The minimum atomic E-state index is -0.833. The van der Waals surface area contributed by atoms with Crippen LogP contribution in [0.25, 0.3) is 11.4 Å². The van der Waals surface area contributed by atoms with Gasteiger partial charge in [-0.05, 0) is 43.3 Å². The van der Waals surface area contributed by atoms with Gasteiger partial charge in [0.25, 0.3) is 0 Å². The number of primary amides is 2. The summed E-state index contributed by atoms with van der Waals surface area (Å²) in [6.07, 6.45) is 1.57. The fourth-order valence-electron chi connectivity index (χ4n) is 4.19. The van der Waals surface area contributed by atoms with E-state index in [-0.39, 0.29) is 17.9 Å². The van der Waals surface area contributed by atoms with E-state index in [0.29, 0.717) is 68.2 Å². The number of hydrogen-bond donors (Lipinski definition) is 4. The lowest BCUT2D eigenvalue weighted by atomic mass is 10.1. The molecule has 14 heteroatoms. The highest BCUT2D eigenvalue weighted by Gasteiger charge is 2.21. The maximum absolute atomic E-state index is 12.5. The van der Waals surface area contributed by atoms with Crippen LogP contribution in [-0.2, 0) is 9.47 Å². The molecule has 0 saturated carbocycles. The number of anilines is 3. The topological polar surface area (TPSA) is 197 Å². The van der Waals surface area contributed by atoms with Gasteiger partial charge in [0.05, 0.1) is 26.4 Å². The number of nitrogens with zero attached hydrogens (tertiary/aromatic N) is 4. The summed E-state index contributed by atoms with van der Waals surface area (Å²) in [7, 11) is 0. The highest BCUT2D eigenvalue weighted by atomic mass is 16.5. The SMILES string of the molecule is CC(=O)c1cccc(NC(=O)Nc2ccc(-c3nc(OC4CCOCC4)nc(N4CCOCC4)n3)cc2)c1.NC(N)=O. The van der Waals surface area contributed by atoms with Crippen LogP contribution in [0.3, 0.4) is 0 Å². The molecule has 222 valence electrons. The van der Waals surface area contributed by atoms with Crippen LogP contribution < -0.4 is 31.7 Å². The third-order valence-electron chi connectivity index (χ3n) is 6.27. The minimum Gasteiger partial charge on any atom is -0.460 e. The quantitative estimate of drug-likeness (QED) is 0.302. The van der Waals surface area contributed by atoms with Crippen molar-refractivity contribution in [3.8, 4) is 17.4 Å². The molecule has 1 aromatic heterocycles. The number of rotatable bonds is 7. The summed E-state index contributed by atoms with van der Waals surface area (Å²) in [6, 6.07) is 13.1.